The molecule has 0 saturated carbocycles. The van der Waals surface area contributed by atoms with Gasteiger partial charge in [-0.25, -0.2) is 0 Å². The fourth-order valence-corrected chi connectivity index (χ4v) is 1.98. The van der Waals surface area contributed by atoms with Crippen LogP contribution in [-0.2, 0) is 4.79 Å². The van der Waals surface area contributed by atoms with Crippen LogP contribution in [0.2, 0.25) is 0 Å². The molecule has 0 radical (unpaired) electrons. The lowest BCUT2D eigenvalue weighted by molar-refractivity contribution is -0.121. The lowest BCUT2D eigenvalue weighted by atomic mass is 10.1. The van der Waals surface area contributed by atoms with E-state index in [0.29, 0.717) is 12.5 Å². The Bertz CT molecular complexity index is 150. The molecule has 0 aliphatic carbocycles. The first-order valence-electron chi connectivity index (χ1n) is 5.56. The van der Waals surface area contributed by atoms with Gasteiger partial charge >= 0.3 is 0 Å². The Morgan fingerprint density at radius 2 is 2.07 bits per heavy atom. The Labute approximate surface area is 96.0 Å². The summed E-state index contributed by atoms with van der Waals surface area (Å²) in [6.45, 7) is 4.23. The standard InChI is InChI=1S/C11H22BrNO/c1-3-4-5-6-7-11(14)13-10(2)8-9-12/h10H,3-9H2,1-2H3,(H,13,14). The van der Waals surface area contributed by atoms with E-state index in [4.69, 9.17) is 0 Å². The summed E-state index contributed by atoms with van der Waals surface area (Å²) in [7, 11) is 0. The van der Waals surface area contributed by atoms with E-state index in [9.17, 15) is 4.79 Å². The molecule has 0 heterocycles. The highest BCUT2D eigenvalue weighted by Crippen LogP contribution is 2.03. The van der Waals surface area contributed by atoms with Gasteiger partial charge in [0.05, 0.1) is 0 Å². The molecule has 2 nitrogen and oxygen atoms in total. The maximum absolute atomic E-state index is 11.4. The van der Waals surface area contributed by atoms with Gasteiger partial charge in [0.25, 0.3) is 0 Å². The average molecular weight is 264 g/mol. The molecule has 1 amide bonds. The van der Waals surface area contributed by atoms with Crippen LogP contribution in [0, 0.1) is 0 Å². The van der Waals surface area contributed by atoms with Crippen LogP contribution in [0.5, 0.6) is 0 Å². The fraction of sp³-hybridized carbons (Fsp3) is 0.909. The van der Waals surface area contributed by atoms with Crippen LogP contribution in [0.3, 0.4) is 0 Å². The van der Waals surface area contributed by atoms with Crippen molar-refractivity contribution in [2.45, 2.75) is 58.4 Å². The van der Waals surface area contributed by atoms with Crippen molar-refractivity contribution in [2.75, 3.05) is 5.33 Å². The van der Waals surface area contributed by atoms with Crippen molar-refractivity contribution in [3.8, 4) is 0 Å². The molecule has 0 fully saturated rings. The lowest BCUT2D eigenvalue weighted by Gasteiger charge is -2.11. The molecular formula is C11H22BrNO. The third-order valence-corrected chi connectivity index (χ3v) is 2.66. The summed E-state index contributed by atoms with van der Waals surface area (Å²) in [5.41, 5.74) is 0. The lowest BCUT2D eigenvalue weighted by Crippen LogP contribution is -2.32. The predicted octanol–water partition coefficient (Wildman–Crippen LogP) is 3.25. The van der Waals surface area contributed by atoms with Gasteiger partial charge in [0.15, 0.2) is 0 Å². The topological polar surface area (TPSA) is 29.1 Å². The molecule has 1 N–H and O–H groups in total. The average Bonchev–Trinajstić information content (AvgIpc) is 2.13. The van der Waals surface area contributed by atoms with Gasteiger partial charge in [-0.05, 0) is 19.8 Å². The summed E-state index contributed by atoms with van der Waals surface area (Å²) in [4.78, 5) is 11.4. The normalized spacial score (nSPS) is 12.5. The third-order valence-electron chi connectivity index (χ3n) is 2.21. The van der Waals surface area contributed by atoms with E-state index >= 15 is 0 Å². The van der Waals surface area contributed by atoms with E-state index < -0.39 is 0 Å². The maximum atomic E-state index is 11.4. The van der Waals surface area contributed by atoms with Crippen LogP contribution < -0.4 is 5.32 Å². The second-order valence-corrected chi connectivity index (χ2v) is 4.55. The smallest absolute Gasteiger partial charge is 0.220 e. The minimum absolute atomic E-state index is 0.203. The van der Waals surface area contributed by atoms with Gasteiger partial charge in [-0.15, -0.1) is 0 Å². The Balaban J connectivity index is 3.35. The summed E-state index contributed by atoms with van der Waals surface area (Å²) < 4.78 is 0. The van der Waals surface area contributed by atoms with Gasteiger partial charge in [0, 0.05) is 17.8 Å². The van der Waals surface area contributed by atoms with Gasteiger partial charge in [0.2, 0.25) is 5.91 Å². The molecule has 0 aromatic heterocycles. The highest BCUT2D eigenvalue weighted by Gasteiger charge is 2.05. The molecule has 84 valence electrons. The van der Waals surface area contributed by atoms with Crippen molar-refractivity contribution in [2.24, 2.45) is 0 Å². The van der Waals surface area contributed by atoms with E-state index in [0.717, 1.165) is 18.2 Å². The van der Waals surface area contributed by atoms with Crippen LogP contribution in [0.1, 0.15) is 52.4 Å². The number of amides is 1. The summed E-state index contributed by atoms with van der Waals surface area (Å²) in [5, 5.41) is 3.94. The molecule has 0 aliphatic rings. The third kappa shape index (κ3) is 8.54. The van der Waals surface area contributed by atoms with E-state index in [1.54, 1.807) is 0 Å². The molecule has 0 bridgehead atoms. The number of unbranched alkanes of at least 4 members (excludes halogenated alkanes) is 3. The zero-order valence-electron chi connectivity index (χ0n) is 9.31. The number of hydrogen-bond acceptors (Lipinski definition) is 1. The summed E-state index contributed by atoms with van der Waals surface area (Å²) >= 11 is 3.36. The zero-order chi connectivity index (χ0) is 10.8. The SMILES string of the molecule is CCCCCCC(=O)NC(C)CCBr. The van der Waals surface area contributed by atoms with E-state index in [-0.39, 0.29) is 5.91 Å². The number of halogens is 1. The molecule has 1 unspecified atom stereocenters. The summed E-state index contributed by atoms with van der Waals surface area (Å²) in [6.07, 6.45) is 6.36. The quantitative estimate of drug-likeness (QED) is 0.529. The minimum Gasteiger partial charge on any atom is -0.354 e. The monoisotopic (exact) mass is 263 g/mol. The minimum atomic E-state index is 0.203. The van der Waals surface area contributed by atoms with Crippen molar-refractivity contribution in [1.29, 1.82) is 0 Å². The molecule has 1 atom stereocenters. The predicted molar refractivity (Wildman–Crippen MR) is 64.8 cm³/mol. The highest BCUT2D eigenvalue weighted by atomic mass is 79.9. The second kappa shape index (κ2) is 9.50. The van der Waals surface area contributed by atoms with Crippen LogP contribution in [0.25, 0.3) is 0 Å². The second-order valence-electron chi connectivity index (χ2n) is 3.76. The van der Waals surface area contributed by atoms with Crippen LogP contribution >= 0.6 is 15.9 Å². The van der Waals surface area contributed by atoms with E-state index in [2.05, 4.69) is 28.2 Å². The van der Waals surface area contributed by atoms with Gasteiger partial charge in [-0.1, -0.05) is 42.1 Å². The summed E-state index contributed by atoms with van der Waals surface area (Å²) in [6, 6.07) is 0.299. The number of rotatable bonds is 8. The molecule has 0 aromatic rings. The van der Waals surface area contributed by atoms with E-state index in [1.807, 2.05) is 6.92 Å². The Kier molecular flexibility index (Phi) is 9.47. The molecule has 0 aliphatic heterocycles. The van der Waals surface area contributed by atoms with Crippen LogP contribution in [0.15, 0.2) is 0 Å². The van der Waals surface area contributed by atoms with Crippen molar-refractivity contribution < 1.29 is 4.79 Å². The number of hydrogen-bond donors (Lipinski definition) is 1. The van der Waals surface area contributed by atoms with Crippen molar-refractivity contribution in [3.63, 3.8) is 0 Å². The largest absolute Gasteiger partial charge is 0.354 e. The van der Waals surface area contributed by atoms with Crippen molar-refractivity contribution in [1.82, 2.24) is 5.32 Å². The number of nitrogens with one attached hydrogen (secondary N) is 1. The first-order valence-corrected chi connectivity index (χ1v) is 6.68. The van der Waals surface area contributed by atoms with E-state index in [1.165, 1.54) is 19.3 Å². The van der Waals surface area contributed by atoms with Crippen LogP contribution in [-0.4, -0.2) is 17.3 Å². The fourth-order valence-electron chi connectivity index (χ4n) is 1.30. The Hall–Kier alpha value is -0.0500. The van der Waals surface area contributed by atoms with Gasteiger partial charge in [-0.2, -0.15) is 0 Å². The molecule has 0 aromatic carbocycles. The van der Waals surface area contributed by atoms with Gasteiger partial charge < -0.3 is 5.32 Å². The van der Waals surface area contributed by atoms with Gasteiger partial charge in [0.1, 0.15) is 0 Å². The summed E-state index contributed by atoms with van der Waals surface area (Å²) in [5.74, 6) is 0.203. The van der Waals surface area contributed by atoms with Crippen molar-refractivity contribution >= 4 is 21.8 Å². The molecular weight excluding hydrogens is 242 g/mol. The van der Waals surface area contributed by atoms with Gasteiger partial charge in [-0.3, -0.25) is 4.79 Å². The molecule has 0 spiro atoms. The number of alkyl halides is 1. The molecule has 0 rings (SSSR count). The molecule has 14 heavy (non-hydrogen) atoms. The van der Waals surface area contributed by atoms with Crippen molar-refractivity contribution in [3.05, 3.63) is 0 Å². The number of carbonyl (C=O) groups is 1. The van der Waals surface area contributed by atoms with Crippen LogP contribution in [0.4, 0.5) is 0 Å². The number of carbonyl (C=O) groups excluding carboxylic acids is 1. The molecule has 3 heteroatoms. The molecule has 0 saturated heterocycles. The maximum Gasteiger partial charge on any atom is 0.220 e. The first-order chi connectivity index (χ1) is 6.70. The Morgan fingerprint density at radius 1 is 1.36 bits per heavy atom. The zero-order valence-corrected chi connectivity index (χ0v) is 10.9. The first kappa shape index (κ1) is 13.9. The highest BCUT2D eigenvalue weighted by molar-refractivity contribution is 9.09. The Morgan fingerprint density at radius 3 is 2.64 bits per heavy atom.